The number of allylic oxidation sites excluding steroid dienone is 3. The van der Waals surface area contributed by atoms with Crippen LogP contribution in [0.1, 0.15) is 6.92 Å². The van der Waals surface area contributed by atoms with Crippen molar-refractivity contribution < 1.29 is 0 Å². The molecule has 0 rings (SSSR count). The summed E-state index contributed by atoms with van der Waals surface area (Å²) in [5.74, 6) is 0. The minimum Gasteiger partial charge on any atom is -0.0722 e. The Morgan fingerprint density at radius 1 is 1.11 bits per heavy atom. The van der Waals surface area contributed by atoms with E-state index >= 15 is 0 Å². The number of hydrogen-bond acceptors (Lipinski definition) is 0. The van der Waals surface area contributed by atoms with Gasteiger partial charge in [0, 0.05) is 4.48 Å². The predicted molar refractivity (Wildman–Crippen MR) is 56.5 cm³/mol. The zero-order chi connectivity index (χ0) is 7.44. The van der Waals surface area contributed by atoms with E-state index in [0.29, 0.717) is 0 Å². The van der Waals surface area contributed by atoms with E-state index in [0.717, 1.165) is 12.4 Å². The Labute approximate surface area is 88.3 Å². The molecule has 0 fully saturated rings. The second-order valence-electron chi connectivity index (χ2n) is 1.21. The Kier molecular flexibility index (Phi) is 5.90. The topological polar surface area (TPSA) is 0 Å². The van der Waals surface area contributed by atoms with Gasteiger partial charge in [-0.2, -0.15) is 0 Å². The maximum absolute atomic E-state index is 3.34. The zero-order valence-corrected chi connectivity index (χ0v) is 10.9. The molecule has 0 saturated heterocycles. The summed E-state index contributed by atoms with van der Waals surface area (Å²) in [6, 6.07) is 0. The van der Waals surface area contributed by atoms with Gasteiger partial charge in [0.05, 0.1) is 7.87 Å². The summed E-state index contributed by atoms with van der Waals surface area (Å²) < 4.78 is 2.90. The molecule has 0 aliphatic carbocycles. The molecular formula is C5H4Br4. The van der Waals surface area contributed by atoms with Gasteiger partial charge < -0.3 is 0 Å². The van der Waals surface area contributed by atoms with E-state index in [2.05, 4.69) is 63.7 Å². The molecule has 0 aliphatic heterocycles. The summed E-state index contributed by atoms with van der Waals surface area (Å²) in [5.41, 5.74) is 0. The minimum absolute atomic E-state index is 0.903. The molecule has 9 heavy (non-hydrogen) atoms. The first kappa shape index (κ1) is 10.4. The molecule has 0 aromatic rings. The lowest BCUT2D eigenvalue weighted by Crippen LogP contribution is -1.68. The highest BCUT2D eigenvalue weighted by atomic mass is 79.9. The van der Waals surface area contributed by atoms with Crippen molar-refractivity contribution >= 4 is 63.7 Å². The maximum atomic E-state index is 3.34. The predicted octanol–water partition coefficient (Wildman–Crippen LogP) is 4.64. The van der Waals surface area contributed by atoms with Gasteiger partial charge in [0.1, 0.15) is 0 Å². The molecule has 0 saturated carbocycles. The van der Waals surface area contributed by atoms with Crippen LogP contribution in [0.5, 0.6) is 0 Å². The smallest absolute Gasteiger partial charge is 0.0722 e. The van der Waals surface area contributed by atoms with Crippen LogP contribution in [0.15, 0.2) is 18.4 Å². The molecule has 0 atom stereocenters. The summed E-state index contributed by atoms with van der Waals surface area (Å²) in [4.78, 5) is 0. The average Bonchev–Trinajstić information content (AvgIpc) is 1.84. The van der Waals surface area contributed by atoms with E-state index in [1.807, 2.05) is 13.0 Å². The average molecular weight is 384 g/mol. The first-order valence-electron chi connectivity index (χ1n) is 2.12. The van der Waals surface area contributed by atoms with Crippen molar-refractivity contribution in [2.75, 3.05) is 0 Å². The van der Waals surface area contributed by atoms with Gasteiger partial charge in [-0.1, -0.05) is 6.08 Å². The molecular weight excluding hydrogens is 380 g/mol. The lowest BCUT2D eigenvalue weighted by molar-refractivity contribution is 1.71. The second-order valence-corrected chi connectivity index (χ2v) is 5.51. The number of rotatable bonds is 1. The van der Waals surface area contributed by atoms with Crippen LogP contribution in [0.3, 0.4) is 0 Å². The third-order valence-electron chi connectivity index (χ3n) is 0.629. The summed E-state index contributed by atoms with van der Waals surface area (Å²) >= 11 is 13.2. The van der Waals surface area contributed by atoms with Crippen molar-refractivity contribution in [2.24, 2.45) is 0 Å². The Bertz CT molecular complexity index is 152. The molecule has 0 amide bonds. The Morgan fingerprint density at radius 3 is 1.67 bits per heavy atom. The third kappa shape index (κ3) is 3.96. The zero-order valence-electron chi connectivity index (χ0n) is 4.59. The Hall–Kier alpha value is 1.40. The molecule has 0 N–H and O–H groups in total. The molecule has 0 unspecified atom stereocenters. The number of hydrogen-bond donors (Lipinski definition) is 0. The van der Waals surface area contributed by atoms with Gasteiger partial charge in [-0.05, 0) is 70.6 Å². The van der Waals surface area contributed by atoms with E-state index in [4.69, 9.17) is 0 Å². The van der Waals surface area contributed by atoms with E-state index in [-0.39, 0.29) is 0 Å². The van der Waals surface area contributed by atoms with Crippen LogP contribution in [-0.2, 0) is 0 Å². The molecule has 0 spiro atoms. The highest BCUT2D eigenvalue weighted by Gasteiger charge is 1.98. The summed E-state index contributed by atoms with van der Waals surface area (Å²) in [5, 5.41) is 0. The van der Waals surface area contributed by atoms with Crippen molar-refractivity contribution in [3.8, 4) is 0 Å². The Morgan fingerprint density at radius 2 is 1.56 bits per heavy atom. The molecule has 0 heterocycles. The standard InChI is InChI=1S/C5H4Br4/c1-2-3(6)4(7)5(8)9/h2H,1H3/b3-2-. The molecule has 0 aromatic heterocycles. The monoisotopic (exact) mass is 380 g/mol. The summed E-state index contributed by atoms with van der Waals surface area (Å²) in [6.45, 7) is 1.95. The van der Waals surface area contributed by atoms with Crippen LogP contribution < -0.4 is 0 Å². The molecule has 0 radical (unpaired) electrons. The molecule has 52 valence electrons. The fraction of sp³-hybridized carbons (Fsp3) is 0.200. The van der Waals surface area contributed by atoms with Gasteiger partial charge >= 0.3 is 0 Å². The highest BCUT2D eigenvalue weighted by Crippen LogP contribution is 2.32. The largest absolute Gasteiger partial charge is 0.0757 e. The molecule has 0 nitrogen and oxygen atoms in total. The van der Waals surface area contributed by atoms with Crippen molar-refractivity contribution in [1.82, 2.24) is 0 Å². The summed E-state index contributed by atoms with van der Waals surface area (Å²) in [6.07, 6.45) is 1.95. The lowest BCUT2D eigenvalue weighted by Gasteiger charge is -1.94. The summed E-state index contributed by atoms with van der Waals surface area (Å²) in [7, 11) is 0. The van der Waals surface area contributed by atoms with Gasteiger partial charge in [0.25, 0.3) is 0 Å². The first-order chi connectivity index (χ1) is 4.09. The van der Waals surface area contributed by atoms with Gasteiger partial charge in [0.2, 0.25) is 0 Å². The molecule has 4 heteroatoms. The van der Waals surface area contributed by atoms with Gasteiger partial charge in [0.15, 0.2) is 0 Å². The SMILES string of the molecule is C/C=C(\Br)C(Br)=C(Br)Br. The first-order valence-corrected chi connectivity index (χ1v) is 5.29. The molecule has 0 bridgehead atoms. The maximum Gasteiger partial charge on any atom is 0.0757 e. The second kappa shape index (κ2) is 5.10. The van der Waals surface area contributed by atoms with E-state index in [1.54, 1.807) is 0 Å². The van der Waals surface area contributed by atoms with Crippen LogP contribution in [0, 0.1) is 0 Å². The quantitative estimate of drug-likeness (QED) is 0.579. The fourth-order valence-corrected chi connectivity index (χ4v) is 1.60. The normalized spacial score (nSPS) is 11.4. The van der Waals surface area contributed by atoms with Crippen molar-refractivity contribution in [3.63, 3.8) is 0 Å². The fourth-order valence-electron chi connectivity index (χ4n) is 0.217. The van der Waals surface area contributed by atoms with Crippen molar-refractivity contribution in [3.05, 3.63) is 18.4 Å². The molecule has 0 aliphatic rings. The van der Waals surface area contributed by atoms with Crippen molar-refractivity contribution in [2.45, 2.75) is 6.92 Å². The van der Waals surface area contributed by atoms with E-state index < -0.39 is 0 Å². The van der Waals surface area contributed by atoms with Crippen molar-refractivity contribution in [1.29, 1.82) is 0 Å². The van der Waals surface area contributed by atoms with E-state index in [1.165, 1.54) is 0 Å². The van der Waals surface area contributed by atoms with Crippen LogP contribution in [0.25, 0.3) is 0 Å². The van der Waals surface area contributed by atoms with E-state index in [9.17, 15) is 0 Å². The Balaban J connectivity index is 4.40. The third-order valence-corrected chi connectivity index (χ3v) is 4.70. The highest BCUT2D eigenvalue weighted by molar-refractivity contribution is 9.29. The van der Waals surface area contributed by atoms with Crippen LogP contribution in [0.4, 0.5) is 0 Å². The van der Waals surface area contributed by atoms with Gasteiger partial charge in [-0.15, -0.1) is 0 Å². The van der Waals surface area contributed by atoms with Gasteiger partial charge in [-0.3, -0.25) is 0 Å². The van der Waals surface area contributed by atoms with Crippen LogP contribution >= 0.6 is 63.7 Å². The van der Waals surface area contributed by atoms with Crippen LogP contribution in [-0.4, -0.2) is 0 Å². The lowest BCUT2D eigenvalue weighted by atomic mass is 10.5. The van der Waals surface area contributed by atoms with Crippen LogP contribution in [0.2, 0.25) is 0 Å². The minimum atomic E-state index is 0.903. The number of halogens is 4. The molecule has 0 aromatic carbocycles. The van der Waals surface area contributed by atoms with Gasteiger partial charge in [-0.25, -0.2) is 0 Å².